The van der Waals surface area contributed by atoms with Crippen molar-refractivity contribution in [2.45, 2.75) is 13.5 Å². The molecule has 5 rings (SSSR count). The van der Waals surface area contributed by atoms with Crippen LogP contribution in [0.3, 0.4) is 0 Å². The van der Waals surface area contributed by atoms with Gasteiger partial charge in [-0.05, 0) is 66.7 Å². The van der Waals surface area contributed by atoms with E-state index in [0.29, 0.717) is 27.4 Å². The molecule has 3 aromatic carbocycles. The molecule has 1 aliphatic rings. The van der Waals surface area contributed by atoms with Crippen LogP contribution in [0.5, 0.6) is 5.75 Å². The van der Waals surface area contributed by atoms with Crippen LogP contribution < -0.4 is 15.6 Å². The van der Waals surface area contributed by atoms with E-state index in [9.17, 15) is 14.4 Å². The van der Waals surface area contributed by atoms with Gasteiger partial charge in [-0.1, -0.05) is 42.0 Å². The Morgan fingerprint density at radius 3 is 2.41 bits per heavy atom. The zero-order chi connectivity index (χ0) is 23.7. The van der Waals surface area contributed by atoms with Crippen molar-refractivity contribution in [3.63, 3.8) is 0 Å². The molecular formula is C26H19N3O4S. The highest BCUT2D eigenvalue weighted by Crippen LogP contribution is 2.26. The third-order valence-electron chi connectivity index (χ3n) is 5.33. The lowest BCUT2D eigenvalue weighted by atomic mass is 10.2. The zero-order valence-electron chi connectivity index (χ0n) is 18.1. The van der Waals surface area contributed by atoms with Gasteiger partial charge in [-0.2, -0.15) is 0 Å². The van der Waals surface area contributed by atoms with Crippen LogP contribution in [0.2, 0.25) is 0 Å². The van der Waals surface area contributed by atoms with Crippen molar-refractivity contribution in [3.8, 4) is 11.4 Å². The van der Waals surface area contributed by atoms with E-state index in [1.54, 1.807) is 41.0 Å². The quantitative estimate of drug-likeness (QED) is 0.430. The van der Waals surface area contributed by atoms with E-state index in [1.807, 2.05) is 49.4 Å². The smallest absolute Gasteiger partial charge is 0.290 e. The van der Waals surface area contributed by atoms with Gasteiger partial charge in [0.2, 0.25) is 0 Å². The number of amides is 2. The molecule has 0 unspecified atom stereocenters. The minimum atomic E-state index is -0.396. The molecule has 8 heteroatoms. The van der Waals surface area contributed by atoms with E-state index in [0.717, 1.165) is 28.6 Å². The van der Waals surface area contributed by atoms with Crippen molar-refractivity contribution in [2.75, 3.05) is 0 Å². The van der Waals surface area contributed by atoms with Gasteiger partial charge in [-0.25, -0.2) is 4.98 Å². The van der Waals surface area contributed by atoms with Gasteiger partial charge in [0.05, 0.1) is 21.5 Å². The van der Waals surface area contributed by atoms with Crippen LogP contribution in [0.25, 0.3) is 22.7 Å². The number of benzene rings is 3. The average Bonchev–Trinajstić information content (AvgIpc) is 3.16. The molecule has 1 fully saturated rings. The number of aryl methyl sites for hydroxylation is 1. The minimum absolute atomic E-state index is 0.0845. The largest absolute Gasteiger partial charge is 0.486 e. The normalized spacial score (nSPS) is 14.6. The summed E-state index contributed by atoms with van der Waals surface area (Å²) in [5.74, 6) is 0.669. The molecule has 0 atom stereocenters. The highest BCUT2D eigenvalue weighted by Gasteiger charge is 2.24. The molecule has 1 aromatic heterocycles. The van der Waals surface area contributed by atoms with Crippen molar-refractivity contribution in [1.82, 2.24) is 14.9 Å². The number of thioether (sulfide) groups is 1. The molecule has 1 saturated heterocycles. The predicted octanol–water partition coefficient (Wildman–Crippen LogP) is 4.60. The summed E-state index contributed by atoms with van der Waals surface area (Å²) >= 11 is 0.872. The molecule has 0 spiro atoms. The van der Waals surface area contributed by atoms with Gasteiger partial charge >= 0.3 is 0 Å². The first-order valence-electron chi connectivity index (χ1n) is 10.5. The number of nitrogens with zero attached hydrogens (tertiary/aromatic N) is 2. The molecule has 7 nitrogen and oxygen atoms in total. The Bertz CT molecular complexity index is 1510. The van der Waals surface area contributed by atoms with Crippen LogP contribution in [0.15, 0.2) is 82.5 Å². The number of hydrogen-bond donors (Lipinski definition) is 1. The zero-order valence-corrected chi connectivity index (χ0v) is 19.0. The number of aromatic nitrogens is 2. The SMILES string of the molecule is Cc1ccc(-n2c(COc3ccc(/C=C4/SC(=O)NC4=O)cc3)nc3ccccc3c2=O)cc1. The molecule has 0 bridgehead atoms. The number of nitrogens with one attached hydrogen (secondary N) is 1. The summed E-state index contributed by atoms with van der Waals surface area (Å²) in [5.41, 5.74) is 3.03. The summed E-state index contributed by atoms with van der Waals surface area (Å²) < 4.78 is 7.54. The van der Waals surface area contributed by atoms with Crippen LogP contribution in [0.1, 0.15) is 17.0 Å². The van der Waals surface area contributed by atoms with Gasteiger partial charge in [-0.15, -0.1) is 0 Å². The Balaban J connectivity index is 1.44. The topological polar surface area (TPSA) is 90.3 Å². The number of carbonyl (C=O) groups is 2. The number of rotatable bonds is 5. The second kappa shape index (κ2) is 8.99. The standard InChI is InChI=1S/C26H19N3O4S/c1-16-6-10-18(11-7-16)29-23(27-21-5-3-2-4-20(21)25(29)31)15-33-19-12-8-17(9-13-19)14-22-24(30)28-26(32)34-22/h2-14H,15H2,1H3,(H,28,30,32)/b22-14+. The van der Waals surface area contributed by atoms with Gasteiger partial charge in [0, 0.05) is 0 Å². The Morgan fingerprint density at radius 2 is 1.71 bits per heavy atom. The number of carbonyl (C=O) groups excluding carboxylic acids is 2. The van der Waals surface area contributed by atoms with Gasteiger partial charge in [0.15, 0.2) is 5.82 Å². The van der Waals surface area contributed by atoms with Crippen molar-refractivity contribution >= 4 is 39.9 Å². The fraction of sp³-hybridized carbons (Fsp3) is 0.0769. The van der Waals surface area contributed by atoms with E-state index in [4.69, 9.17) is 9.72 Å². The summed E-state index contributed by atoms with van der Waals surface area (Å²) in [6, 6.07) is 22.0. The van der Waals surface area contributed by atoms with Crippen molar-refractivity contribution in [3.05, 3.63) is 105 Å². The molecule has 1 aliphatic heterocycles. The fourth-order valence-electron chi connectivity index (χ4n) is 3.62. The number of hydrogen-bond acceptors (Lipinski definition) is 6. The molecule has 34 heavy (non-hydrogen) atoms. The average molecular weight is 470 g/mol. The highest BCUT2D eigenvalue weighted by molar-refractivity contribution is 8.18. The second-order valence-corrected chi connectivity index (χ2v) is 8.75. The molecule has 0 aliphatic carbocycles. The van der Waals surface area contributed by atoms with E-state index in [2.05, 4.69) is 5.32 Å². The maximum absolute atomic E-state index is 13.3. The fourth-order valence-corrected chi connectivity index (χ4v) is 4.30. The van der Waals surface area contributed by atoms with Gasteiger partial charge in [0.25, 0.3) is 16.7 Å². The number of para-hydroxylation sites is 1. The highest BCUT2D eigenvalue weighted by atomic mass is 32.2. The van der Waals surface area contributed by atoms with E-state index < -0.39 is 5.91 Å². The molecule has 168 valence electrons. The van der Waals surface area contributed by atoms with E-state index in [-0.39, 0.29) is 17.4 Å². The molecule has 4 aromatic rings. The second-order valence-electron chi connectivity index (χ2n) is 7.73. The van der Waals surface area contributed by atoms with Crippen LogP contribution in [-0.4, -0.2) is 20.7 Å². The summed E-state index contributed by atoms with van der Waals surface area (Å²) in [6.07, 6.45) is 1.65. The molecule has 0 radical (unpaired) electrons. The third-order valence-corrected chi connectivity index (χ3v) is 6.14. The third kappa shape index (κ3) is 4.35. The lowest BCUT2D eigenvalue weighted by Crippen LogP contribution is -2.25. The van der Waals surface area contributed by atoms with Gasteiger partial charge < -0.3 is 4.74 Å². The van der Waals surface area contributed by atoms with Crippen LogP contribution in [0, 0.1) is 6.92 Å². The summed E-state index contributed by atoms with van der Waals surface area (Å²) in [4.78, 5) is 41.4. The van der Waals surface area contributed by atoms with Crippen molar-refractivity contribution < 1.29 is 14.3 Å². The lowest BCUT2D eigenvalue weighted by Gasteiger charge is -2.15. The number of fused-ring (bicyclic) bond motifs is 1. The molecule has 0 saturated carbocycles. The van der Waals surface area contributed by atoms with Gasteiger partial charge in [-0.3, -0.25) is 24.3 Å². The minimum Gasteiger partial charge on any atom is -0.486 e. The van der Waals surface area contributed by atoms with Crippen molar-refractivity contribution in [1.29, 1.82) is 0 Å². The number of ether oxygens (including phenoxy) is 1. The van der Waals surface area contributed by atoms with Crippen molar-refractivity contribution in [2.24, 2.45) is 0 Å². The van der Waals surface area contributed by atoms with Crippen LogP contribution >= 0.6 is 11.8 Å². The predicted molar refractivity (Wildman–Crippen MR) is 132 cm³/mol. The monoisotopic (exact) mass is 469 g/mol. The Labute approximate surface area is 199 Å². The van der Waals surface area contributed by atoms with E-state index >= 15 is 0 Å². The van der Waals surface area contributed by atoms with Crippen LogP contribution in [-0.2, 0) is 11.4 Å². The number of imide groups is 1. The first-order valence-corrected chi connectivity index (χ1v) is 11.3. The first kappa shape index (κ1) is 21.7. The molecular weight excluding hydrogens is 450 g/mol. The molecule has 2 amide bonds. The first-order chi connectivity index (χ1) is 16.5. The maximum atomic E-state index is 13.3. The lowest BCUT2D eigenvalue weighted by molar-refractivity contribution is -0.115. The van der Waals surface area contributed by atoms with Crippen LogP contribution in [0.4, 0.5) is 4.79 Å². The summed E-state index contributed by atoms with van der Waals surface area (Å²) in [7, 11) is 0. The summed E-state index contributed by atoms with van der Waals surface area (Å²) in [6.45, 7) is 2.08. The Hall–Kier alpha value is -4.17. The van der Waals surface area contributed by atoms with E-state index in [1.165, 1.54) is 0 Å². The Morgan fingerprint density at radius 1 is 0.971 bits per heavy atom. The summed E-state index contributed by atoms with van der Waals surface area (Å²) in [5, 5.41) is 2.40. The molecule has 1 N–H and O–H groups in total. The molecule has 2 heterocycles. The van der Waals surface area contributed by atoms with Gasteiger partial charge in [0.1, 0.15) is 12.4 Å². The Kier molecular flexibility index (Phi) is 5.73. The maximum Gasteiger partial charge on any atom is 0.290 e.